The smallest absolute Gasteiger partial charge is 0.421 e. The second kappa shape index (κ2) is 2.46. The van der Waals surface area contributed by atoms with Gasteiger partial charge >= 0.3 is 6.09 Å². The zero-order chi connectivity index (χ0) is 7.68. The molecule has 1 aliphatic heterocycles. The van der Waals surface area contributed by atoms with E-state index in [1.165, 1.54) is 17.7 Å². The van der Waals surface area contributed by atoms with Crippen molar-refractivity contribution in [2.75, 3.05) is 13.2 Å². The first-order valence-electron chi connectivity index (χ1n) is 3.82. The first-order valence-corrected chi connectivity index (χ1v) is 3.82. The minimum atomic E-state index is -0.293. The fraction of sp³-hybridized carbons (Fsp3) is 0.625. The SMILES string of the molecule is O=C1OCCN1C#CC1CC1. The van der Waals surface area contributed by atoms with E-state index < -0.39 is 0 Å². The Bertz CT molecular complexity index is 234. The van der Waals surface area contributed by atoms with Crippen molar-refractivity contribution in [2.45, 2.75) is 12.8 Å². The second-order valence-electron chi connectivity index (χ2n) is 2.80. The monoisotopic (exact) mass is 151 g/mol. The highest BCUT2D eigenvalue weighted by Crippen LogP contribution is 2.27. The van der Waals surface area contributed by atoms with Crippen LogP contribution in [-0.4, -0.2) is 24.1 Å². The molecule has 1 saturated carbocycles. The summed E-state index contributed by atoms with van der Waals surface area (Å²) in [6.45, 7) is 1.11. The van der Waals surface area contributed by atoms with Crippen LogP contribution in [0.25, 0.3) is 0 Å². The van der Waals surface area contributed by atoms with Crippen LogP contribution in [0.3, 0.4) is 0 Å². The van der Waals surface area contributed by atoms with Crippen LogP contribution in [0.15, 0.2) is 0 Å². The van der Waals surface area contributed by atoms with Crippen LogP contribution < -0.4 is 0 Å². The molecular formula is C8H9NO2. The molecular weight excluding hydrogens is 142 g/mol. The van der Waals surface area contributed by atoms with E-state index in [-0.39, 0.29) is 6.09 Å². The van der Waals surface area contributed by atoms with Crippen LogP contribution in [-0.2, 0) is 4.74 Å². The minimum Gasteiger partial charge on any atom is -0.447 e. The van der Waals surface area contributed by atoms with E-state index in [0.29, 0.717) is 19.1 Å². The van der Waals surface area contributed by atoms with Gasteiger partial charge in [-0.15, -0.1) is 0 Å². The molecule has 1 amide bonds. The number of nitrogens with zero attached hydrogens (tertiary/aromatic N) is 1. The van der Waals surface area contributed by atoms with Crippen molar-refractivity contribution in [2.24, 2.45) is 5.92 Å². The highest BCUT2D eigenvalue weighted by atomic mass is 16.6. The summed E-state index contributed by atoms with van der Waals surface area (Å²) in [5.41, 5.74) is 0. The van der Waals surface area contributed by atoms with Gasteiger partial charge < -0.3 is 4.74 Å². The first kappa shape index (κ1) is 6.53. The third kappa shape index (κ3) is 1.45. The normalized spacial score (nSPS) is 22.5. The number of hydrogen-bond acceptors (Lipinski definition) is 2. The number of carbonyl (C=O) groups is 1. The van der Waals surface area contributed by atoms with Crippen molar-refractivity contribution in [1.29, 1.82) is 0 Å². The number of rotatable bonds is 0. The molecule has 2 rings (SSSR count). The van der Waals surface area contributed by atoms with Gasteiger partial charge in [0.05, 0.1) is 6.54 Å². The molecule has 0 atom stereocenters. The van der Waals surface area contributed by atoms with Gasteiger partial charge in [0.25, 0.3) is 0 Å². The minimum absolute atomic E-state index is 0.293. The molecule has 0 aromatic carbocycles. The Morgan fingerprint density at radius 2 is 2.36 bits per heavy atom. The molecule has 3 heteroatoms. The van der Waals surface area contributed by atoms with E-state index in [4.69, 9.17) is 4.74 Å². The lowest BCUT2D eigenvalue weighted by Gasteiger charge is -1.98. The van der Waals surface area contributed by atoms with Gasteiger partial charge in [-0.25, -0.2) is 9.69 Å². The Balaban J connectivity index is 1.94. The van der Waals surface area contributed by atoms with E-state index in [1.807, 2.05) is 0 Å². The summed E-state index contributed by atoms with van der Waals surface area (Å²) < 4.78 is 4.70. The highest BCUT2D eigenvalue weighted by molar-refractivity contribution is 5.71. The molecule has 1 heterocycles. The van der Waals surface area contributed by atoms with Gasteiger partial charge in [0, 0.05) is 12.0 Å². The predicted molar refractivity (Wildman–Crippen MR) is 38.6 cm³/mol. The number of cyclic esters (lactones) is 1. The summed E-state index contributed by atoms with van der Waals surface area (Å²) in [6.07, 6.45) is 2.09. The summed E-state index contributed by atoms with van der Waals surface area (Å²) in [5.74, 6) is 3.55. The predicted octanol–water partition coefficient (Wildman–Crippen LogP) is 0.810. The van der Waals surface area contributed by atoms with E-state index in [9.17, 15) is 4.79 Å². The number of amides is 1. The van der Waals surface area contributed by atoms with Crippen LogP contribution in [0, 0.1) is 17.9 Å². The quantitative estimate of drug-likeness (QED) is 0.479. The summed E-state index contributed by atoms with van der Waals surface area (Å²) in [7, 11) is 0. The third-order valence-electron chi connectivity index (χ3n) is 1.74. The summed E-state index contributed by atoms with van der Waals surface area (Å²) in [5, 5.41) is 0. The largest absolute Gasteiger partial charge is 0.447 e. The maximum atomic E-state index is 10.8. The Labute approximate surface area is 65.3 Å². The fourth-order valence-corrected chi connectivity index (χ4v) is 0.892. The van der Waals surface area contributed by atoms with Crippen molar-refractivity contribution in [3.63, 3.8) is 0 Å². The van der Waals surface area contributed by atoms with Crippen molar-refractivity contribution >= 4 is 6.09 Å². The lowest BCUT2D eigenvalue weighted by Crippen LogP contribution is -2.17. The zero-order valence-corrected chi connectivity index (χ0v) is 6.17. The molecule has 0 bridgehead atoms. The lowest BCUT2D eigenvalue weighted by molar-refractivity contribution is 0.167. The third-order valence-corrected chi connectivity index (χ3v) is 1.74. The average Bonchev–Trinajstić information content (AvgIpc) is 2.73. The molecule has 0 unspecified atom stereocenters. The van der Waals surface area contributed by atoms with E-state index in [2.05, 4.69) is 12.0 Å². The van der Waals surface area contributed by atoms with Crippen LogP contribution in [0.5, 0.6) is 0 Å². The van der Waals surface area contributed by atoms with Crippen LogP contribution >= 0.6 is 0 Å². The van der Waals surface area contributed by atoms with Crippen LogP contribution in [0.4, 0.5) is 4.79 Å². The molecule has 0 radical (unpaired) electrons. The van der Waals surface area contributed by atoms with Gasteiger partial charge in [0.15, 0.2) is 0 Å². The Kier molecular flexibility index (Phi) is 1.46. The first-order chi connectivity index (χ1) is 5.36. The van der Waals surface area contributed by atoms with Gasteiger partial charge in [-0.1, -0.05) is 5.92 Å². The second-order valence-corrected chi connectivity index (χ2v) is 2.80. The van der Waals surface area contributed by atoms with Gasteiger partial charge in [-0.05, 0) is 12.8 Å². The molecule has 0 aromatic heterocycles. The molecule has 0 aromatic rings. The Morgan fingerprint density at radius 3 is 2.91 bits per heavy atom. The van der Waals surface area contributed by atoms with Crippen molar-refractivity contribution in [3.05, 3.63) is 0 Å². The maximum absolute atomic E-state index is 10.8. The lowest BCUT2D eigenvalue weighted by atomic mass is 10.4. The van der Waals surface area contributed by atoms with E-state index >= 15 is 0 Å². The summed E-state index contributed by atoms with van der Waals surface area (Å²) in [4.78, 5) is 12.3. The van der Waals surface area contributed by atoms with Gasteiger partial charge in [0.2, 0.25) is 0 Å². The number of hydrogen-bond donors (Lipinski definition) is 0. The van der Waals surface area contributed by atoms with Crippen molar-refractivity contribution in [1.82, 2.24) is 4.90 Å². The average molecular weight is 151 g/mol. The van der Waals surface area contributed by atoms with E-state index in [0.717, 1.165) is 0 Å². The Morgan fingerprint density at radius 1 is 1.55 bits per heavy atom. The highest BCUT2D eigenvalue weighted by Gasteiger charge is 2.22. The van der Waals surface area contributed by atoms with Crippen LogP contribution in [0.1, 0.15) is 12.8 Å². The maximum Gasteiger partial charge on any atom is 0.421 e. The Hall–Kier alpha value is -1.17. The van der Waals surface area contributed by atoms with E-state index in [1.54, 1.807) is 0 Å². The van der Waals surface area contributed by atoms with Crippen molar-refractivity contribution in [3.8, 4) is 12.0 Å². The molecule has 3 nitrogen and oxygen atoms in total. The van der Waals surface area contributed by atoms with Gasteiger partial charge in [-0.2, -0.15) is 0 Å². The molecule has 2 fully saturated rings. The molecule has 1 aliphatic carbocycles. The molecule has 11 heavy (non-hydrogen) atoms. The fourth-order valence-electron chi connectivity index (χ4n) is 0.892. The summed E-state index contributed by atoms with van der Waals surface area (Å²) >= 11 is 0. The number of ether oxygens (including phenoxy) is 1. The molecule has 1 saturated heterocycles. The molecule has 0 spiro atoms. The van der Waals surface area contributed by atoms with Crippen molar-refractivity contribution < 1.29 is 9.53 Å². The van der Waals surface area contributed by atoms with Gasteiger partial charge in [-0.3, -0.25) is 0 Å². The van der Waals surface area contributed by atoms with Gasteiger partial charge in [0.1, 0.15) is 6.61 Å². The topological polar surface area (TPSA) is 29.5 Å². The standard InChI is InChI=1S/C8H9NO2/c10-8-9(5-6-11-8)4-3-7-1-2-7/h7H,1-2,5-6H2. The number of carbonyl (C=O) groups excluding carboxylic acids is 1. The summed E-state index contributed by atoms with van der Waals surface area (Å²) in [6, 6.07) is 2.80. The molecule has 0 N–H and O–H groups in total. The molecule has 2 aliphatic rings. The molecule has 58 valence electrons. The van der Waals surface area contributed by atoms with Crippen LogP contribution in [0.2, 0.25) is 0 Å². The zero-order valence-electron chi connectivity index (χ0n) is 6.17.